The molecule has 2 aromatic rings. The standard InChI is InChI=1S/C15H12BrF3N2O2S/c16-12-5-2-6-13(11(12)8-22)21-14(23)20-9-3-1-4-10(7-9)24-15(17,18)19/h1-7,22H,8H2,(H2,20,21,23). The number of hydrogen-bond acceptors (Lipinski definition) is 3. The second-order valence-corrected chi connectivity index (χ2v) is 6.57. The van der Waals surface area contributed by atoms with Crippen LogP contribution in [0.1, 0.15) is 5.56 Å². The third kappa shape index (κ3) is 5.43. The van der Waals surface area contributed by atoms with E-state index in [1.54, 1.807) is 18.2 Å². The lowest BCUT2D eigenvalue weighted by molar-refractivity contribution is -0.0328. The zero-order chi connectivity index (χ0) is 17.7. The molecule has 24 heavy (non-hydrogen) atoms. The first-order chi connectivity index (χ1) is 11.3. The van der Waals surface area contributed by atoms with Crippen LogP contribution in [-0.4, -0.2) is 16.6 Å². The van der Waals surface area contributed by atoms with Crippen LogP contribution in [0.25, 0.3) is 0 Å². The minimum Gasteiger partial charge on any atom is -0.392 e. The first-order valence-electron chi connectivity index (χ1n) is 6.60. The maximum atomic E-state index is 12.4. The predicted octanol–water partition coefficient (Wildman–Crippen LogP) is 5.20. The number of anilines is 2. The van der Waals surface area contributed by atoms with E-state index >= 15 is 0 Å². The van der Waals surface area contributed by atoms with Gasteiger partial charge in [0.2, 0.25) is 0 Å². The van der Waals surface area contributed by atoms with Gasteiger partial charge in [-0.05, 0) is 42.1 Å². The van der Waals surface area contributed by atoms with Crippen LogP contribution < -0.4 is 10.6 Å². The van der Waals surface area contributed by atoms with Crippen LogP contribution >= 0.6 is 27.7 Å². The fourth-order valence-electron chi connectivity index (χ4n) is 1.89. The van der Waals surface area contributed by atoms with Crippen LogP contribution in [0.2, 0.25) is 0 Å². The van der Waals surface area contributed by atoms with E-state index in [-0.39, 0.29) is 29.0 Å². The molecule has 2 rings (SSSR count). The Morgan fingerprint density at radius 3 is 2.54 bits per heavy atom. The van der Waals surface area contributed by atoms with Gasteiger partial charge in [-0.1, -0.05) is 28.1 Å². The lowest BCUT2D eigenvalue weighted by Gasteiger charge is -2.12. The maximum absolute atomic E-state index is 12.4. The molecule has 2 aromatic carbocycles. The van der Waals surface area contributed by atoms with Gasteiger partial charge in [-0.2, -0.15) is 13.2 Å². The molecule has 0 spiro atoms. The molecule has 0 bridgehead atoms. The van der Waals surface area contributed by atoms with Crippen molar-refractivity contribution >= 4 is 45.1 Å². The molecule has 0 fully saturated rings. The van der Waals surface area contributed by atoms with Crippen molar-refractivity contribution in [2.75, 3.05) is 10.6 Å². The van der Waals surface area contributed by atoms with Gasteiger partial charge in [0.25, 0.3) is 0 Å². The molecule has 0 radical (unpaired) electrons. The van der Waals surface area contributed by atoms with E-state index in [0.717, 1.165) is 0 Å². The van der Waals surface area contributed by atoms with E-state index in [1.165, 1.54) is 24.3 Å². The first kappa shape index (κ1) is 18.6. The largest absolute Gasteiger partial charge is 0.446 e. The average Bonchev–Trinajstić information content (AvgIpc) is 2.46. The minimum atomic E-state index is -4.40. The number of halogens is 4. The van der Waals surface area contributed by atoms with E-state index in [4.69, 9.17) is 0 Å². The highest BCUT2D eigenvalue weighted by Crippen LogP contribution is 2.37. The molecular formula is C15H12BrF3N2O2S. The van der Waals surface area contributed by atoms with Crippen LogP contribution in [0.3, 0.4) is 0 Å². The number of nitrogens with one attached hydrogen (secondary N) is 2. The number of carbonyl (C=O) groups is 1. The summed E-state index contributed by atoms with van der Waals surface area (Å²) in [6.45, 7) is -0.283. The van der Waals surface area contributed by atoms with Crippen molar-refractivity contribution in [2.24, 2.45) is 0 Å². The Kier molecular flexibility index (Phi) is 6.14. The molecule has 0 heterocycles. The van der Waals surface area contributed by atoms with E-state index in [9.17, 15) is 23.1 Å². The van der Waals surface area contributed by atoms with Gasteiger partial charge < -0.3 is 15.7 Å². The molecule has 0 atom stereocenters. The van der Waals surface area contributed by atoms with E-state index in [1.807, 2.05) is 0 Å². The summed E-state index contributed by atoms with van der Waals surface area (Å²) in [7, 11) is 0. The lowest BCUT2D eigenvalue weighted by atomic mass is 10.2. The van der Waals surface area contributed by atoms with E-state index in [2.05, 4.69) is 26.6 Å². The number of urea groups is 1. The molecular weight excluding hydrogens is 409 g/mol. The fraction of sp³-hybridized carbons (Fsp3) is 0.133. The van der Waals surface area contributed by atoms with Crippen molar-refractivity contribution in [1.29, 1.82) is 0 Å². The Hall–Kier alpha value is -1.71. The van der Waals surface area contributed by atoms with Gasteiger partial charge in [0.05, 0.1) is 6.61 Å². The van der Waals surface area contributed by atoms with Gasteiger partial charge in [-0.25, -0.2) is 4.79 Å². The smallest absolute Gasteiger partial charge is 0.392 e. The molecule has 3 N–H and O–H groups in total. The number of alkyl halides is 3. The van der Waals surface area contributed by atoms with Crippen molar-refractivity contribution in [1.82, 2.24) is 0 Å². The third-order valence-corrected chi connectivity index (χ3v) is 4.31. The second-order valence-electron chi connectivity index (χ2n) is 4.58. The van der Waals surface area contributed by atoms with Crippen molar-refractivity contribution in [3.05, 3.63) is 52.5 Å². The van der Waals surface area contributed by atoms with E-state index in [0.29, 0.717) is 15.7 Å². The van der Waals surface area contributed by atoms with Crippen LogP contribution in [-0.2, 0) is 6.61 Å². The third-order valence-electron chi connectivity index (χ3n) is 2.85. The van der Waals surface area contributed by atoms with Gasteiger partial charge in [0, 0.05) is 26.3 Å². The summed E-state index contributed by atoms with van der Waals surface area (Å²) in [5.41, 5.74) is -3.28. The van der Waals surface area contributed by atoms with Gasteiger partial charge in [-0.3, -0.25) is 0 Å². The lowest BCUT2D eigenvalue weighted by Crippen LogP contribution is -2.20. The van der Waals surface area contributed by atoms with Gasteiger partial charge in [0.15, 0.2) is 0 Å². The molecule has 2 amide bonds. The zero-order valence-corrected chi connectivity index (χ0v) is 14.4. The van der Waals surface area contributed by atoms with Crippen LogP contribution in [0.15, 0.2) is 51.8 Å². The number of thioether (sulfide) groups is 1. The molecule has 4 nitrogen and oxygen atoms in total. The first-order valence-corrected chi connectivity index (χ1v) is 8.21. The average molecular weight is 421 g/mol. The zero-order valence-electron chi connectivity index (χ0n) is 12.0. The predicted molar refractivity (Wildman–Crippen MR) is 91.1 cm³/mol. The Morgan fingerprint density at radius 2 is 1.88 bits per heavy atom. The molecule has 9 heteroatoms. The summed E-state index contributed by atoms with van der Waals surface area (Å²) in [6.07, 6.45) is 0. The number of rotatable bonds is 4. The maximum Gasteiger partial charge on any atom is 0.446 e. The molecule has 0 aliphatic rings. The topological polar surface area (TPSA) is 61.4 Å². The number of benzene rings is 2. The SMILES string of the molecule is O=C(Nc1cccc(SC(F)(F)F)c1)Nc1cccc(Br)c1CO. The summed E-state index contributed by atoms with van der Waals surface area (Å²) < 4.78 is 37.8. The molecule has 128 valence electrons. The van der Waals surface area contributed by atoms with Crippen LogP contribution in [0.5, 0.6) is 0 Å². The quantitative estimate of drug-likeness (QED) is 0.595. The van der Waals surface area contributed by atoms with Crippen LogP contribution in [0.4, 0.5) is 29.3 Å². The Balaban J connectivity index is 2.08. The van der Waals surface area contributed by atoms with Gasteiger partial charge >= 0.3 is 11.5 Å². The monoisotopic (exact) mass is 420 g/mol. The highest BCUT2D eigenvalue weighted by atomic mass is 79.9. The highest BCUT2D eigenvalue weighted by Gasteiger charge is 2.29. The Labute approximate surface area is 148 Å². The van der Waals surface area contributed by atoms with Crippen molar-refractivity contribution in [3.63, 3.8) is 0 Å². The Morgan fingerprint density at radius 1 is 1.17 bits per heavy atom. The molecule has 0 saturated heterocycles. The summed E-state index contributed by atoms with van der Waals surface area (Å²) in [5, 5.41) is 14.3. The van der Waals surface area contributed by atoms with E-state index < -0.39 is 11.5 Å². The molecule has 0 aliphatic carbocycles. The number of aliphatic hydroxyl groups is 1. The molecule has 0 aliphatic heterocycles. The fourth-order valence-corrected chi connectivity index (χ4v) is 2.98. The minimum absolute atomic E-state index is 0.0289. The number of carbonyl (C=O) groups excluding carboxylic acids is 1. The van der Waals surface area contributed by atoms with Crippen molar-refractivity contribution in [2.45, 2.75) is 17.0 Å². The summed E-state index contributed by atoms with van der Waals surface area (Å²) in [6, 6.07) is 9.80. The number of amides is 2. The Bertz CT molecular complexity index is 741. The van der Waals surface area contributed by atoms with Crippen molar-refractivity contribution in [3.8, 4) is 0 Å². The molecule has 0 unspecified atom stereocenters. The van der Waals surface area contributed by atoms with Crippen LogP contribution in [0, 0.1) is 0 Å². The number of aliphatic hydroxyl groups excluding tert-OH is 1. The van der Waals surface area contributed by atoms with Gasteiger partial charge in [0.1, 0.15) is 0 Å². The summed E-state index contributed by atoms with van der Waals surface area (Å²) in [4.78, 5) is 12.0. The summed E-state index contributed by atoms with van der Waals surface area (Å²) in [5.74, 6) is 0. The molecule has 0 aromatic heterocycles. The summed E-state index contributed by atoms with van der Waals surface area (Å²) >= 11 is 3.00. The highest BCUT2D eigenvalue weighted by molar-refractivity contribution is 9.10. The van der Waals surface area contributed by atoms with Crippen molar-refractivity contribution < 1.29 is 23.1 Å². The second kappa shape index (κ2) is 7.91. The normalized spacial score (nSPS) is 11.2. The molecule has 0 saturated carbocycles. The number of hydrogen-bond donors (Lipinski definition) is 3. The van der Waals surface area contributed by atoms with Gasteiger partial charge in [-0.15, -0.1) is 0 Å².